The number of benzene rings is 1. The van der Waals surface area contributed by atoms with Crippen LogP contribution in [0, 0.1) is 0 Å². The fourth-order valence-corrected chi connectivity index (χ4v) is 3.61. The topological polar surface area (TPSA) is 109 Å². The molecule has 0 heterocycles. The van der Waals surface area contributed by atoms with Crippen LogP contribution in [0.5, 0.6) is 0 Å². The van der Waals surface area contributed by atoms with E-state index >= 15 is 0 Å². The highest BCUT2D eigenvalue weighted by atomic mass is 35.5. The van der Waals surface area contributed by atoms with Crippen LogP contribution >= 0.6 is 11.6 Å². The van der Waals surface area contributed by atoms with Gasteiger partial charge in [0.15, 0.2) is 0 Å². The van der Waals surface area contributed by atoms with Crippen LogP contribution in [0.4, 0.5) is 5.69 Å². The number of nitrogens with two attached hydrogens (primary N) is 1. The second-order valence-electron chi connectivity index (χ2n) is 5.73. The average molecular weight is 377 g/mol. The molecule has 1 atom stereocenters. The van der Waals surface area contributed by atoms with Crippen LogP contribution < -0.4 is 10.5 Å². The van der Waals surface area contributed by atoms with E-state index in [-0.39, 0.29) is 12.2 Å². The van der Waals surface area contributed by atoms with Crippen molar-refractivity contribution >= 4 is 33.3 Å². The van der Waals surface area contributed by atoms with Gasteiger partial charge in [-0.2, -0.15) is 0 Å². The molecule has 0 spiro atoms. The first-order chi connectivity index (χ1) is 11.3. The van der Waals surface area contributed by atoms with Crippen molar-refractivity contribution in [1.29, 1.82) is 0 Å². The summed E-state index contributed by atoms with van der Waals surface area (Å²) in [6.45, 7) is 0. The summed E-state index contributed by atoms with van der Waals surface area (Å²) in [4.78, 5) is 10.8. The molecule has 0 aliphatic heterocycles. The Morgan fingerprint density at radius 2 is 1.88 bits per heavy atom. The molecule has 1 unspecified atom stereocenters. The standard InChI is InChI=1S/C16H25ClN2O4S/c17-9-4-2-1-3-5-10-24(22,23)19-14-8-6-7-13(11-14)12-15(18)16(20)21/h6-8,11,15,19H,1-5,9-10,12,18H2,(H,20,21). The molecule has 8 heteroatoms. The van der Waals surface area contributed by atoms with Crippen molar-refractivity contribution < 1.29 is 18.3 Å². The lowest BCUT2D eigenvalue weighted by Gasteiger charge is -2.11. The number of nitrogens with one attached hydrogen (secondary N) is 1. The number of hydrogen-bond acceptors (Lipinski definition) is 4. The number of anilines is 1. The molecular weight excluding hydrogens is 352 g/mol. The van der Waals surface area contributed by atoms with E-state index in [1.54, 1.807) is 24.3 Å². The smallest absolute Gasteiger partial charge is 0.320 e. The molecule has 0 aliphatic carbocycles. The molecule has 0 bridgehead atoms. The Kier molecular flexibility index (Phi) is 9.10. The highest BCUT2D eigenvalue weighted by Crippen LogP contribution is 2.15. The summed E-state index contributed by atoms with van der Waals surface area (Å²) in [6.07, 6.45) is 4.55. The Balaban J connectivity index is 2.50. The van der Waals surface area contributed by atoms with Crippen LogP contribution in [0.2, 0.25) is 0 Å². The summed E-state index contributed by atoms with van der Waals surface area (Å²) in [7, 11) is -3.41. The molecule has 0 saturated carbocycles. The Labute approximate surface area is 148 Å². The van der Waals surface area contributed by atoms with Crippen molar-refractivity contribution in [3.63, 3.8) is 0 Å². The third-order valence-electron chi connectivity index (χ3n) is 3.52. The van der Waals surface area contributed by atoms with Gasteiger partial charge in [-0.05, 0) is 37.0 Å². The Hall–Kier alpha value is -1.31. The zero-order valence-electron chi connectivity index (χ0n) is 13.6. The average Bonchev–Trinajstić information content (AvgIpc) is 2.50. The molecule has 1 rings (SSSR count). The van der Waals surface area contributed by atoms with Gasteiger partial charge in [0.05, 0.1) is 5.75 Å². The number of hydrogen-bond donors (Lipinski definition) is 3. The lowest BCUT2D eigenvalue weighted by Crippen LogP contribution is -2.32. The molecule has 0 amide bonds. The molecule has 4 N–H and O–H groups in total. The molecule has 24 heavy (non-hydrogen) atoms. The van der Waals surface area contributed by atoms with Gasteiger partial charge in [0.1, 0.15) is 6.04 Å². The quantitative estimate of drug-likeness (QED) is 0.383. The van der Waals surface area contributed by atoms with Crippen molar-refractivity contribution in [2.45, 2.75) is 44.6 Å². The van der Waals surface area contributed by atoms with Crippen LogP contribution in [-0.2, 0) is 21.2 Å². The number of aliphatic carboxylic acids is 1. The van der Waals surface area contributed by atoms with E-state index in [1.165, 1.54) is 0 Å². The Morgan fingerprint density at radius 1 is 1.21 bits per heavy atom. The third-order valence-corrected chi connectivity index (χ3v) is 5.16. The van der Waals surface area contributed by atoms with Crippen LogP contribution in [0.25, 0.3) is 0 Å². The second-order valence-corrected chi connectivity index (χ2v) is 7.95. The van der Waals surface area contributed by atoms with Gasteiger partial charge in [0.2, 0.25) is 10.0 Å². The number of alkyl halides is 1. The van der Waals surface area contributed by atoms with Gasteiger partial charge in [-0.3, -0.25) is 9.52 Å². The molecule has 0 radical (unpaired) electrons. The maximum atomic E-state index is 12.1. The molecule has 0 saturated heterocycles. The second kappa shape index (κ2) is 10.5. The summed E-state index contributed by atoms with van der Waals surface area (Å²) in [6, 6.07) is 5.63. The number of unbranched alkanes of at least 4 members (excludes halogenated alkanes) is 4. The minimum atomic E-state index is -3.41. The Morgan fingerprint density at radius 3 is 2.54 bits per heavy atom. The number of rotatable bonds is 12. The van der Waals surface area contributed by atoms with E-state index in [9.17, 15) is 13.2 Å². The third kappa shape index (κ3) is 8.52. The van der Waals surface area contributed by atoms with Crippen LogP contribution in [0.3, 0.4) is 0 Å². The molecule has 6 nitrogen and oxygen atoms in total. The fraction of sp³-hybridized carbons (Fsp3) is 0.562. The van der Waals surface area contributed by atoms with Gasteiger partial charge in [-0.15, -0.1) is 11.6 Å². The van der Waals surface area contributed by atoms with E-state index in [0.717, 1.165) is 25.7 Å². The summed E-state index contributed by atoms with van der Waals surface area (Å²) in [5.41, 5.74) is 6.59. The molecule has 0 aliphatic rings. The maximum absolute atomic E-state index is 12.1. The summed E-state index contributed by atoms with van der Waals surface area (Å²) < 4.78 is 26.7. The number of sulfonamides is 1. The van der Waals surface area contributed by atoms with Crippen LogP contribution in [-0.4, -0.2) is 37.2 Å². The van der Waals surface area contributed by atoms with Gasteiger partial charge >= 0.3 is 5.97 Å². The van der Waals surface area contributed by atoms with Crippen molar-refractivity contribution in [3.05, 3.63) is 29.8 Å². The predicted octanol–water partition coefficient (Wildman–Crippen LogP) is 2.57. The first-order valence-electron chi connectivity index (χ1n) is 7.98. The lowest BCUT2D eigenvalue weighted by molar-refractivity contribution is -0.138. The van der Waals surface area contributed by atoms with Gasteiger partial charge in [0, 0.05) is 11.6 Å². The molecule has 136 valence electrons. The number of carboxylic acids is 1. The molecule has 1 aromatic carbocycles. The minimum absolute atomic E-state index is 0.0622. The van der Waals surface area contributed by atoms with Crippen LogP contribution in [0.15, 0.2) is 24.3 Å². The summed E-state index contributed by atoms with van der Waals surface area (Å²) in [5, 5.41) is 8.83. The van der Waals surface area contributed by atoms with Gasteiger partial charge < -0.3 is 10.8 Å². The summed E-state index contributed by atoms with van der Waals surface area (Å²) >= 11 is 5.59. The first kappa shape index (κ1) is 20.7. The number of halogens is 1. The van der Waals surface area contributed by atoms with Crippen molar-refractivity contribution in [3.8, 4) is 0 Å². The SMILES string of the molecule is NC(Cc1cccc(NS(=O)(=O)CCCCCCCCl)c1)C(=O)O. The predicted molar refractivity (Wildman–Crippen MR) is 97.0 cm³/mol. The number of carboxylic acid groups (broad SMARTS) is 1. The largest absolute Gasteiger partial charge is 0.480 e. The number of carbonyl (C=O) groups is 1. The van der Waals surface area contributed by atoms with Gasteiger partial charge in [-0.1, -0.05) is 31.4 Å². The van der Waals surface area contributed by atoms with E-state index in [0.29, 0.717) is 23.6 Å². The minimum Gasteiger partial charge on any atom is -0.480 e. The van der Waals surface area contributed by atoms with E-state index in [1.807, 2.05) is 0 Å². The molecule has 0 fully saturated rings. The van der Waals surface area contributed by atoms with Crippen molar-refractivity contribution in [2.75, 3.05) is 16.4 Å². The van der Waals surface area contributed by atoms with E-state index in [2.05, 4.69) is 4.72 Å². The fourth-order valence-electron chi connectivity index (χ4n) is 2.25. The zero-order chi connectivity index (χ0) is 18.0. The lowest BCUT2D eigenvalue weighted by atomic mass is 10.1. The molecule has 1 aromatic rings. The monoisotopic (exact) mass is 376 g/mol. The van der Waals surface area contributed by atoms with Crippen LogP contribution in [0.1, 0.15) is 37.7 Å². The molecule has 0 aromatic heterocycles. The highest BCUT2D eigenvalue weighted by molar-refractivity contribution is 7.92. The summed E-state index contributed by atoms with van der Waals surface area (Å²) in [5.74, 6) is -0.385. The highest BCUT2D eigenvalue weighted by Gasteiger charge is 2.14. The first-order valence-corrected chi connectivity index (χ1v) is 10.2. The maximum Gasteiger partial charge on any atom is 0.320 e. The van der Waals surface area contributed by atoms with E-state index in [4.69, 9.17) is 22.4 Å². The van der Waals surface area contributed by atoms with Gasteiger partial charge in [-0.25, -0.2) is 8.42 Å². The normalized spacial score (nSPS) is 12.8. The zero-order valence-corrected chi connectivity index (χ0v) is 15.2. The van der Waals surface area contributed by atoms with Crippen molar-refractivity contribution in [2.24, 2.45) is 5.73 Å². The van der Waals surface area contributed by atoms with Gasteiger partial charge in [0.25, 0.3) is 0 Å². The van der Waals surface area contributed by atoms with E-state index < -0.39 is 22.0 Å². The van der Waals surface area contributed by atoms with Crippen molar-refractivity contribution in [1.82, 2.24) is 0 Å². The Bertz CT molecular complexity index is 622. The molecular formula is C16H25ClN2O4S.